The molecule has 1 amide bonds. The van der Waals surface area contributed by atoms with Gasteiger partial charge in [0.05, 0.1) is 16.3 Å². The van der Waals surface area contributed by atoms with Gasteiger partial charge in [-0.25, -0.2) is 8.42 Å². The van der Waals surface area contributed by atoms with Gasteiger partial charge in [0, 0.05) is 5.69 Å². The van der Waals surface area contributed by atoms with Crippen LogP contribution in [0.1, 0.15) is 25.8 Å². The van der Waals surface area contributed by atoms with Crippen LogP contribution in [0.15, 0.2) is 94.0 Å². The second-order valence-electron chi connectivity index (χ2n) is 7.87. The molecule has 172 valence electrons. The highest BCUT2D eigenvalue weighted by atomic mass is 32.2. The van der Waals surface area contributed by atoms with Crippen molar-refractivity contribution in [1.82, 2.24) is 4.72 Å². The number of sulfonamides is 1. The van der Waals surface area contributed by atoms with E-state index in [9.17, 15) is 13.2 Å². The number of amides is 1. The summed E-state index contributed by atoms with van der Waals surface area (Å²) in [5, 5.41) is 11.2. The summed E-state index contributed by atoms with van der Waals surface area (Å²) in [5.41, 5.74) is 2.88. The number of benzene rings is 3. The molecule has 0 radical (unpaired) electrons. The van der Waals surface area contributed by atoms with Gasteiger partial charge in [-0.2, -0.15) is 15.0 Å². The minimum Gasteiger partial charge on any atom is -0.325 e. The van der Waals surface area contributed by atoms with Gasteiger partial charge in [0.2, 0.25) is 15.9 Å². The highest BCUT2D eigenvalue weighted by Crippen LogP contribution is 2.21. The van der Waals surface area contributed by atoms with E-state index < -0.39 is 22.0 Å². The average molecular weight is 465 g/mol. The van der Waals surface area contributed by atoms with E-state index in [1.54, 1.807) is 36.4 Å². The van der Waals surface area contributed by atoms with Crippen LogP contribution in [0, 0.1) is 12.8 Å². The molecule has 0 aliphatic heterocycles. The van der Waals surface area contributed by atoms with Gasteiger partial charge in [-0.3, -0.25) is 4.79 Å². The molecule has 2 atom stereocenters. The third-order valence-electron chi connectivity index (χ3n) is 5.28. The first-order chi connectivity index (χ1) is 15.8. The first-order valence-electron chi connectivity index (χ1n) is 10.7. The quantitative estimate of drug-likeness (QED) is 0.395. The van der Waals surface area contributed by atoms with Crippen molar-refractivity contribution in [3.63, 3.8) is 0 Å². The third kappa shape index (κ3) is 6.81. The molecule has 0 heterocycles. The smallest absolute Gasteiger partial charge is 0.242 e. The van der Waals surface area contributed by atoms with Crippen molar-refractivity contribution in [3.8, 4) is 0 Å². The maximum absolute atomic E-state index is 13.0. The summed E-state index contributed by atoms with van der Waals surface area (Å²) in [6.45, 7) is 5.64. The number of nitrogens with one attached hydrogen (secondary N) is 2. The molecule has 2 N–H and O–H groups in total. The molecule has 0 aromatic heterocycles. The normalized spacial score (nSPS) is 13.5. The molecule has 0 saturated carbocycles. The zero-order chi connectivity index (χ0) is 23.8. The van der Waals surface area contributed by atoms with Crippen LogP contribution >= 0.6 is 0 Å². The topological polar surface area (TPSA) is 100.0 Å². The number of carbonyl (C=O) groups excluding carboxylic acids is 1. The predicted octanol–water partition coefficient (Wildman–Crippen LogP) is 5.74. The lowest BCUT2D eigenvalue weighted by molar-refractivity contribution is -0.118. The second kappa shape index (κ2) is 11.0. The first kappa shape index (κ1) is 24.3. The van der Waals surface area contributed by atoms with Gasteiger partial charge in [-0.05, 0) is 61.4 Å². The summed E-state index contributed by atoms with van der Waals surface area (Å²) in [4.78, 5) is 13.1. The molecule has 8 heteroatoms. The van der Waals surface area contributed by atoms with Gasteiger partial charge in [-0.15, -0.1) is 0 Å². The zero-order valence-electron chi connectivity index (χ0n) is 18.9. The van der Waals surface area contributed by atoms with E-state index in [0.717, 1.165) is 11.3 Å². The minimum atomic E-state index is -3.85. The Labute approximate surface area is 195 Å². The van der Waals surface area contributed by atoms with Crippen molar-refractivity contribution in [2.24, 2.45) is 16.1 Å². The lowest BCUT2D eigenvalue weighted by Gasteiger charge is -2.23. The molecule has 3 aromatic carbocycles. The Balaban J connectivity index is 1.71. The highest BCUT2D eigenvalue weighted by molar-refractivity contribution is 7.89. The summed E-state index contributed by atoms with van der Waals surface area (Å²) in [6, 6.07) is 21.9. The van der Waals surface area contributed by atoms with Crippen LogP contribution in [-0.4, -0.2) is 20.4 Å². The SMILES string of the molecule is CC[C@H](C)[C@H](NS(=O)(=O)c1ccc(C)cc1)C(=O)Nc1ccc(N=Nc2ccccc2)cc1. The maximum atomic E-state index is 13.0. The molecule has 3 rings (SSSR count). The molecule has 7 nitrogen and oxygen atoms in total. The summed E-state index contributed by atoms with van der Waals surface area (Å²) >= 11 is 0. The van der Waals surface area contributed by atoms with Crippen LogP contribution in [0.4, 0.5) is 17.1 Å². The van der Waals surface area contributed by atoms with E-state index in [0.29, 0.717) is 17.8 Å². The predicted molar refractivity (Wildman–Crippen MR) is 130 cm³/mol. The number of azo groups is 1. The molecular weight excluding hydrogens is 436 g/mol. The van der Waals surface area contributed by atoms with E-state index in [-0.39, 0.29) is 10.8 Å². The number of carbonyl (C=O) groups is 1. The lowest BCUT2D eigenvalue weighted by atomic mass is 9.99. The van der Waals surface area contributed by atoms with Gasteiger partial charge in [0.1, 0.15) is 6.04 Å². The summed E-state index contributed by atoms with van der Waals surface area (Å²) in [5.74, 6) is -0.622. The molecule has 0 fully saturated rings. The van der Waals surface area contributed by atoms with Crippen molar-refractivity contribution < 1.29 is 13.2 Å². The number of anilines is 1. The van der Waals surface area contributed by atoms with Crippen LogP contribution in [-0.2, 0) is 14.8 Å². The number of hydrogen-bond acceptors (Lipinski definition) is 5. The Hall–Kier alpha value is -3.36. The summed E-state index contributed by atoms with van der Waals surface area (Å²) in [7, 11) is -3.85. The van der Waals surface area contributed by atoms with Gasteiger partial charge in [0.25, 0.3) is 0 Å². The van der Waals surface area contributed by atoms with Crippen molar-refractivity contribution >= 4 is 33.0 Å². The Kier molecular flexibility index (Phi) is 8.08. The van der Waals surface area contributed by atoms with Crippen LogP contribution < -0.4 is 10.0 Å². The Morgan fingerprint density at radius 2 is 1.45 bits per heavy atom. The molecule has 0 bridgehead atoms. The number of rotatable bonds is 9. The Morgan fingerprint density at radius 1 is 0.879 bits per heavy atom. The van der Waals surface area contributed by atoms with E-state index in [1.165, 1.54) is 12.1 Å². The third-order valence-corrected chi connectivity index (χ3v) is 6.74. The molecule has 0 aliphatic rings. The fourth-order valence-electron chi connectivity index (χ4n) is 3.06. The van der Waals surface area contributed by atoms with Crippen molar-refractivity contribution in [2.45, 2.75) is 38.1 Å². The molecule has 0 spiro atoms. The Bertz CT molecular complexity index is 1190. The molecule has 3 aromatic rings. The van der Waals surface area contributed by atoms with Crippen LogP contribution in [0.25, 0.3) is 0 Å². The van der Waals surface area contributed by atoms with Crippen molar-refractivity contribution in [1.29, 1.82) is 0 Å². The summed E-state index contributed by atoms with van der Waals surface area (Å²) < 4.78 is 28.3. The monoisotopic (exact) mass is 464 g/mol. The molecule has 33 heavy (non-hydrogen) atoms. The molecule has 0 aliphatic carbocycles. The van der Waals surface area contributed by atoms with Crippen LogP contribution in [0.3, 0.4) is 0 Å². The molecule has 0 unspecified atom stereocenters. The molecule has 0 saturated heterocycles. The molecular formula is C25H28N4O3S. The standard InChI is InChI=1S/C25H28N4O3S/c1-4-19(3)24(29-33(31,32)23-16-10-18(2)11-17-23)25(30)26-20-12-14-22(15-13-20)28-27-21-8-6-5-7-9-21/h5-17,19,24,29H,4H2,1-3H3,(H,26,30)/t19-,24-/m0/s1. The number of aryl methyl sites for hydroxylation is 1. The van der Waals surface area contributed by atoms with E-state index in [4.69, 9.17) is 0 Å². The maximum Gasteiger partial charge on any atom is 0.242 e. The number of nitrogens with zero attached hydrogens (tertiary/aromatic N) is 2. The van der Waals surface area contributed by atoms with Gasteiger partial charge < -0.3 is 5.32 Å². The van der Waals surface area contributed by atoms with Crippen LogP contribution in [0.2, 0.25) is 0 Å². The number of hydrogen-bond donors (Lipinski definition) is 2. The summed E-state index contributed by atoms with van der Waals surface area (Å²) in [6.07, 6.45) is 0.632. The largest absolute Gasteiger partial charge is 0.325 e. The van der Waals surface area contributed by atoms with E-state index in [1.807, 2.05) is 51.1 Å². The second-order valence-corrected chi connectivity index (χ2v) is 9.58. The fraction of sp³-hybridized carbons (Fsp3) is 0.240. The van der Waals surface area contributed by atoms with Gasteiger partial charge in [0.15, 0.2) is 0 Å². The average Bonchev–Trinajstić information content (AvgIpc) is 2.82. The fourth-order valence-corrected chi connectivity index (χ4v) is 4.36. The van der Waals surface area contributed by atoms with Gasteiger partial charge in [-0.1, -0.05) is 56.2 Å². The van der Waals surface area contributed by atoms with Crippen molar-refractivity contribution in [3.05, 3.63) is 84.4 Å². The zero-order valence-corrected chi connectivity index (χ0v) is 19.7. The van der Waals surface area contributed by atoms with E-state index in [2.05, 4.69) is 20.3 Å². The van der Waals surface area contributed by atoms with Crippen LogP contribution in [0.5, 0.6) is 0 Å². The minimum absolute atomic E-state index is 0.127. The lowest BCUT2D eigenvalue weighted by Crippen LogP contribution is -2.47. The van der Waals surface area contributed by atoms with Crippen molar-refractivity contribution in [2.75, 3.05) is 5.32 Å². The van der Waals surface area contributed by atoms with Gasteiger partial charge >= 0.3 is 0 Å². The Morgan fingerprint density at radius 3 is 2.03 bits per heavy atom. The first-order valence-corrected chi connectivity index (χ1v) is 12.2. The van der Waals surface area contributed by atoms with E-state index >= 15 is 0 Å². The highest BCUT2D eigenvalue weighted by Gasteiger charge is 2.29.